The Hall–Kier alpha value is -2.46. The van der Waals surface area contributed by atoms with Crippen LogP contribution in [0.3, 0.4) is 0 Å². The van der Waals surface area contributed by atoms with E-state index in [0.717, 1.165) is 37.1 Å². The number of carbonyl (C=O) groups is 1. The summed E-state index contributed by atoms with van der Waals surface area (Å²) >= 11 is 1.51. The SMILES string of the molecule is O=C(c1cc2c(s1)CCOC2)N1CCCC(c2nnc3ccc(C(F)(F)F)cn23)C1. The Morgan fingerprint density at radius 2 is 2.13 bits per heavy atom. The van der Waals surface area contributed by atoms with Crippen LogP contribution in [0.5, 0.6) is 0 Å². The molecule has 2 aliphatic rings. The maximum absolute atomic E-state index is 13.1. The molecular weight excluding hydrogens is 417 g/mol. The van der Waals surface area contributed by atoms with Crippen LogP contribution < -0.4 is 0 Å². The summed E-state index contributed by atoms with van der Waals surface area (Å²) in [5.41, 5.74) is 0.699. The molecule has 6 nitrogen and oxygen atoms in total. The van der Waals surface area contributed by atoms with Gasteiger partial charge in [-0.15, -0.1) is 21.5 Å². The fourth-order valence-corrected chi connectivity index (χ4v) is 5.25. The molecule has 0 radical (unpaired) electrons. The molecule has 5 heterocycles. The van der Waals surface area contributed by atoms with Crippen LogP contribution in [-0.4, -0.2) is 45.1 Å². The number of alkyl halides is 3. The third kappa shape index (κ3) is 3.47. The molecule has 0 N–H and O–H groups in total. The molecule has 1 saturated heterocycles. The molecule has 0 aromatic carbocycles. The van der Waals surface area contributed by atoms with Crippen molar-refractivity contribution in [1.29, 1.82) is 0 Å². The smallest absolute Gasteiger partial charge is 0.376 e. The lowest BCUT2D eigenvalue weighted by atomic mass is 9.97. The Kier molecular flexibility index (Phi) is 4.78. The molecular formula is C20H19F3N4O2S. The lowest BCUT2D eigenvalue weighted by molar-refractivity contribution is -0.137. The number of fused-ring (bicyclic) bond motifs is 2. The molecule has 0 aliphatic carbocycles. The molecule has 2 aliphatic heterocycles. The zero-order valence-electron chi connectivity index (χ0n) is 16.0. The summed E-state index contributed by atoms with van der Waals surface area (Å²) in [6.45, 7) is 2.25. The van der Waals surface area contributed by atoms with E-state index in [1.54, 1.807) is 4.90 Å². The van der Waals surface area contributed by atoms with E-state index in [2.05, 4.69) is 10.2 Å². The summed E-state index contributed by atoms with van der Waals surface area (Å²) in [4.78, 5) is 16.8. The van der Waals surface area contributed by atoms with Crippen LogP contribution in [0.4, 0.5) is 13.2 Å². The van der Waals surface area contributed by atoms with Crippen molar-refractivity contribution in [3.63, 3.8) is 0 Å². The highest BCUT2D eigenvalue weighted by molar-refractivity contribution is 7.14. The van der Waals surface area contributed by atoms with Gasteiger partial charge < -0.3 is 9.64 Å². The van der Waals surface area contributed by atoms with Gasteiger partial charge in [0.25, 0.3) is 5.91 Å². The number of hydrogen-bond donors (Lipinski definition) is 0. The highest BCUT2D eigenvalue weighted by Crippen LogP contribution is 2.33. The molecule has 1 amide bonds. The first kappa shape index (κ1) is 19.5. The van der Waals surface area contributed by atoms with Crippen molar-refractivity contribution in [3.8, 4) is 0 Å². The number of halogens is 3. The number of ether oxygens (including phenoxy) is 1. The fourth-order valence-electron chi connectivity index (χ4n) is 4.14. The van der Waals surface area contributed by atoms with Gasteiger partial charge in [0.2, 0.25) is 0 Å². The minimum absolute atomic E-state index is 0.0381. The number of nitrogens with zero attached hydrogens (tertiary/aromatic N) is 4. The van der Waals surface area contributed by atoms with Crippen molar-refractivity contribution in [1.82, 2.24) is 19.5 Å². The Morgan fingerprint density at radius 3 is 2.93 bits per heavy atom. The molecule has 0 saturated carbocycles. The molecule has 0 spiro atoms. The minimum atomic E-state index is -4.44. The van der Waals surface area contributed by atoms with E-state index in [-0.39, 0.29) is 11.8 Å². The average Bonchev–Trinajstić information content (AvgIpc) is 3.36. The monoisotopic (exact) mass is 436 g/mol. The van der Waals surface area contributed by atoms with Crippen LogP contribution >= 0.6 is 11.3 Å². The molecule has 5 rings (SSSR count). The van der Waals surface area contributed by atoms with Crippen molar-refractivity contribution >= 4 is 22.9 Å². The van der Waals surface area contributed by atoms with Crippen LogP contribution in [-0.2, 0) is 23.9 Å². The molecule has 1 atom stereocenters. The van der Waals surface area contributed by atoms with Gasteiger partial charge in [0, 0.05) is 36.5 Å². The number of hydrogen-bond acceptors (Lipinski definition) is 5. The highest BCUT2D eigenvalue weighted by Gasteiger charge is 2.33. The number of carbonyl (C=O) groups excluding carboxylic acids is 1. The molecule has 30 heavy (non-hydrogen) atoms. The first-order valence-electron chi connectivity index (χ1n) is 9.80. The Bertz CT molecular complexity index is 1080. The second kappa shape index (κ2) is 7.35. The Balaban J connectivity index is 1.40. The fraction of sp³-hybridized carbons (Fsp3) is 0.450. The molecule has 1 fully saturated rings. The van der Waals surface area contributed by atoms with Crippen LogP contribution in [0.1, 0.15) is 50.3 Å². The van der Waals surface area contributed by atoms with Crippen LogP contribution in [0.2, 0.25) is 0 Å². The summed E-state index contributed by atoms with van der Waals surface area (Å²) in [6, 6.07) is 4.24. The second-order valence-corrected chi connectivity index (χ2v) is 8.79. The number of pyridine rings is 1. The van der Waals surface area contributed by atoms with Crippen LogP contribution in [0, 0.1) is 0 Å². The Labute approximate surface area is 174 Å². The van der Waals surface area contributed by atoms with Crippen molar-refractivity contribution in [2.75, 3.05) is 19.7 Å². The van der Waals surface area contributed by atoms with Crippen molar-refractivity contribution < 1.29 is 22.7 Å². The van der Waals surface area contributed by atoms with Gasteiger partial charge in [0.15, 0.2) is 5.65 Å². The summed E-state index contributed by atoms with van der Waals surface area (Å²) < 4.78 is 46.3. The van der Waals surface area contributed by atoms with Gasteiger partial charge in [-0.05, 0) is 36.6 Å². The van der Waals surface area contributed by atoms with Crippen LogP contribution in [0.25, 0.3) is 5.65 Å². The van der Waals surface area contributed by atoms with E-state index >= 15 is 0 Å². The standard InChI is InChI=1S/C20H19F3N4O2S/c21-20(22,23)14-3-4-17-24-25-18(27(17)10-14)12-2-1-6-26(9-12)19(28)16-8-13-11-29-7-5-15(13)30-16/h3-4,8,10,12H,1-2,5-7,9,11H2. The van der Waals surface area contributed by atoms with E-state index in [0.29, 0.717) is 42.7 Å². The number of likely N-dealkylation sites (tertiary alicyclic amines) is 1. The first-order chi connectivity index (χ1) is 14.4. The molecule has 3 aromatic rings. The Morgan fingerprint density at radius 1 is 1.27 bits per heavy atom. The number of amides is 1. The second-order valence-electron chi connectivity index (χ2n) is 7.65. The van der Waals surface area contributed by atoms with Crippen molar-refractivity contribution in [2.45, 2.75) is 38.0 Å². The maximum atomic E-state index is 13.1. The average molecular weight is 436 g/mol. The van der Waals surface area contributed by atoms with Gasteiger partial charge in [0.1, 0.15) is 5.82 Å². The highest BCUT2D eigenvalue weighted by atomic mass is 32.1. The number of rotatable bonds is 2. The molecule has 10 heteroatoms. The van der Waals surface area contributed by atoms with E-state index in [4.69, 9.17) is 4.74 Å². The van der Waals surface area contributed by atoms with Crippen molar-refractivity contribution in [2.24, 2.45) is 0 Å². The van der Waals surface area contributed by atoms with Gasteiger partial charge in [-0.3, -0.25) is 9.20 Å². The van der Waals surface area contributed by atoms with Gasteiger partial charge in [-0.25, -0.2) is 0 Å². The van der Waals surface area contributed by atoms with Gasteiger partial charge in [-0.1, -0.05) is 0 Å². The number of aromatic nitrogens is 3. The zero-order chi connectivity index (χ0) is 20.9. The van der Waals surface area contributed by atoms with Gasteiger partial charge >= 0.3 is 6.18 Å². The van der Waals surface area contributed by atoms with Crippen molar-refractivity contribution in [3.05, 3.63) is 51.1 Å². The van der Waals surface area contributed by atoms with E-state index in [1.807, 2.05) is 6.07 Å². The number of piperidine rings is 1. The molecule has 1 unspecified atom stereocenters. The maximum Gasteiger partial charge on any atom is 0.417 e. The quantitative estimate of drug-likeness (QED) is 0.611. The summed E-state index contributed by atoms with van der Waals surface area (Å²) in [5.74, 6) is 0.260. The largest absolute Gasteiger partial charge is 0.417 e. The molecule has 158 valence electrons. The minimum Gasteiger partial charge on any atom is -0.376 e. The first-order valence-corrected chi connectivity index (χ1v) is 10.6. The zero-order valence-corrected chi connectivity index (χ0v) is 16.8. The lowest BCUT2D eigenvalue weighted by Gasteiger charge is -2.31. The summed E-state index contributed by atoms with van der Waals surface area (Å²) in [7, 11) is 0. The number of thiophene rings is 1. The van der Waals surface area contributed by atoms with E-state index in [1.165, 1.54) is 26.7 Å². The summed E-state index contributed by atoms with van der Waals surface area (Å²) in [6.07, 6.45) is -1.07. The van der Waals surface area contributed by atoms with E-state index < -0.39 is 11.7 Å². The van der Waals surface area contributed by atoms with E-state index in [9.17, 15) is 18.0 Å². The van der Waals surface area contributed by atoms with Crippen LogP contribution in [0.15, 0.2) is 24.4 Å². The van der Waals surface area contributed by atoms with Gasteiger partial charge in [-0.2, -0.15) is 13.2 Å². The molecule has 0 bridgehead atoms. The molecule has 3 aromatic heterocycles. The predicted octanol–water partition coefficient (Wildman–Crippen LogP) is 3.90. The third-order valence-electron chi connectivity index (χ3n) is 5.67. The summed E-state index contributed by atoms with van der Waals surface area (Å²) in [5, 5.41) is 8.17. The third-order valence-corrected chi connectivity index (χ3v) is 6.89. The lowest BCUT2D eigenvalue weighted by Crippen LogP contribution is -2.39. The van der Waals surface area contributed by atoms with Gasteiger partial charge in [0.05, 0.1) is 23.7 Å². The predicted molar refractivity (Wildman–Crippen MR) is 104 cm³/mol. The normalized spacial score (nSPS) is 19.8. The topological polar surface area (TPSA) is 59.7 Å².